The predicted octanol–water partition coefficient (Wildman–Crippen LogP) is 3.47. The van der Waals surface area contributed by atoms with Gasteiger partial charge in [-0.3, -0.25) is 9.69 Å². The van der Waals surface area contributed by atoms with Gasteiger partial charge in [0, 0.05) is 12.0 Å². The number of benzene rings is 1. The van der Waals surface area contributed by atoms with Gasteiger partial charge in [-0.05, 0) is 30.6 Å². The Kier molecular flexibility index (Phi) is 5.50. The van der Waals surface area contributed by atoms with Crippen LogP contribution in [-0.2, 0) is 4.79 Å². The summed E-state index contributed by atoms with van der Waals surface area (Å²) in [7, 11) is 0. The molecule has 2 aromatic rings. The van der Waals surface area contributed by atoms with Gasteiger partial charge in [0.05, 0.1) is 23.2 Å². The normalized spacial score (nSPS) is 17.2. The molecule has 0 spiro atoms. The minimum atomic E-state index is -0.263. The number of nitrogens with zero attached hydrogens (tertiary/aromatic N) is 3. The molecule has 0 bridgehead atoms. The van der Waals surface area contributed by atoms with Gasteiger partial charge in [0.1, 0.15) is 5.75 Å². The summed E-state index contributed by atoms with van der Waals surface area (Å²) in [4.78, 5) is 16.0. The van der Waals surface area contributed by atoms with Crippen LogP contribution in [0.3, 0.4) is 0 Å². The molecule has 1 aliphatic rings. The fraction of sp³-hybridized carbons (Fsp3) is 0.368. The molecule has 1 N–H and O–H groups in total. The number of phenolic OH excluding ortho intramolecular Hbond substituents is 1. The second kappa shape index (κ2) is 7.80. The maximum absolute atomic E-state index is 12.9. The molecule has 0 saturated carbocycles. The molecule has 2 heterocycles. The summed E-state index contributed by atoms with van der Waals surface area (Å²) in [6.45, 7) is 6.05. The van der Waals surface area contributed by atoms with Gasteiger partial charge in [0.15, 0.2) is 0 Å². The zero-order valence-electron chi connectivity index (χ0n) is 14.6. The van der Waals surface area contributed by atoms with Gasteiger partial charge in [-0.15, -0.1) is 11.3 Å². The molecule has 1 atom stereocenters. The van der Waals surface area contributed by atoms with Gasteiger partial charge < -0.3 is 5.11 Å². The first-order valence-corrected chi connectivity index (χ1v) is 9.45. The van der Waals surface area contributed by atoms with Crippen LogP contribution in [0.15, 0.2) is 46.9 Å². The van der Waals surface area contributed by atoms with E-state index >= 15 is 0 Å². The molecule has 0 radical (unpaired) electrons. The Morgan fingerprint density at radius 2 is 2.04 bits per heavy atom. The van der Waals surface area contributed by atoms with Crippen molar-refractivity contribution in [3.63, 3.8) is 0 Å². The summed E-state index contributed by atoms with van der Waals surface area (Å²) in [5, 5.41) is 18.5. The van der Waals surface area contributed by atoms with Crippen molar-refractivity contribution in [3.05, 3.63) is 52.2 Å². The van der Waals surface area contributed by atoms with Crippen molar-refractivity contribution in [1.82, 2.24) is 9.91 Å². The third kappa shape index (κ3) is 3.75. The fourth-order valence-electron chi connectivity index (χ4n) is 3.05. The van der Waals surface area contributed by atoms with Gasteiger partial charge in [-0.1, -0.05) is 38.1 Å². The summed E-state index contributed by atoms with van der Waals surface area (Å²) >= 11 is 1.62. The number of aromatic hydroxyl groups is 1. The van der Waals surface area contributed by atoms with E-state index in [4.69, 9.17) is 0 Å². The van der Waals surface area contributed by atoms with Crippen LogP contribution < -0.4 is 0 Å². The Labute approximate surface area is 152 Å². The molecule has 6 heteroatoms. The molecule has 25 heavy (non-hydrogen) atoms. The number of para-hydroxylation sites is 1. The monoisotopic (exact) mass is 357 g/mol. The Hall–Kier alpha value is -2.18. The van der Waals surface area contributed by atoms with Crippen molar-refractivity contribution in [3.8, 4) is 5.75 Å². The molecular formula is C19H23N3O2S. The molecule has 1 aromatic heterocycles. The smallest absolute Gasteiger partial charge is 0.257 e. The van der Waals surface area contributed by atoms with Gasteiger partial charge in [0.2, 0.25) is 0 Å². The van der Waals surface area contributed by atoms with Crippen LogP contribution >= 0.6 is 11.3 Å². The molecule has 0 unspecified atom stereocenters. The minimum absolute atomic E-state index is 0.0384. The number of likely N-dealkylation sites (N-methyl/N-ethyl adjacent to an activating group) is 1. The quantitative estimate of drug-likeness (QED) is 0.861. The standard InChI is InChI=1S/C19H23N3O2S/c1-3-21(4-2)13-19(24)22-16(14-8-5-6-9-17(14)23)12-15(20-22)18-10-7-11-25-18/h5-11,16,23H,3-4,12-13H2,1-2H3/t16-/m1/s1. The summed E-state index contributed by atoms with van der Waals surface area (Å²) < 4.78 is 0. The molecule has 1 aliphatic heterocycles. The highest BCUT2D eigenvalue weighted by Crippen LogP contribution is 2.37. The van der Waals surface area contributed by atoms with Crippen molar-refractivity contribution in [1.29, 1.82) is 0 Å². The van der Waals surface area contributed by atoms with Gasteiger partial charge in [0.25, 0.3) is 5.91 Å². The number of rotatable bonds is 6. The Morgan fingerprint density at radius 1 is 1.28 bits per heavy atom. The van der Waals surface area contributed by atoms with E-state index in [0.717, 1.165) is 29.2 Å². The van der Waals surface area contributed by atoms with Crippen LogP contribution in [0, 0.1) is 0 Å². The second-order valence-corrected chi connectivity index (χ2v) is 6.95. The van der Waals surface area contributed by atoms with E-state index in [9.17, 15) is 9.90 Å². The van der Waals surface area contributed by atoms with Crippen molar-refractivity contribution in [2.45, 2.75) is 26.3 Å². The molecule has 132 valence electrons. The van der Waals surface area contributed by atoms with E-state index in [-0.39, 0.29) is 17.7 Å². The second-order valence-electron chi connectivity index (χ2n) is 6.00. The topological polar surface area (TPSA) is 56.1 Å². The Morgan fingerprint density at radius 3 is 2.68 bits per heavy atom. The van der Waals surface area contributed by atoms with E-state index < -0.39 is 0 Å². The Balaban J connectivity index is 1.91. The van der Waals surface area contributed by atoms with Crippen molar-refractivity contribution in [2.75, 3.05) is 19.6 Å². The van der Waals surface area contributed by atoms with Crippen LogP contribution in [-0.4, -0.2) is 46.3 Å². The minimum Gasteiger partial charge on any atom is -0.508 e. The van der Waals surface area contributed by atoms with Gasteiger partial charge >= 0.3 is 0 Å². The van der Waals surface area contributed by atoms with E-state index in [2.05, 4.69) is 10.0 Å². The Bertz CT molecular complexity index is 754. The first kappa shape index (κ1) is 17.6. The largest absolute Gasteiger partial charge is 0.508 e. The van der Waals surface area contributed by atoms with Crippen molar-refractivity contribution < 1.29 is 9.90 Å². The third-order valence-corrected chi connectivity index (χ3v) is 5.44. The average molecular weight is 357 g/mol. The highest BCUT2D eigenvalue weighted by molar-refractivity contribution is 7.12. The summed E-state index contributed by atoms with van der Waals surface area (Å²) in [6, 6.07) is 10.9. The van der Waals surface area contributed by atoms with E-state index in [1.807, 2.05) is 43.5 Å². The molecule has 3 rings (SSSR count). The molecule has 1 amide bonds. The van der Waals surface area contributed by atoms with Crippen LogP contribution in [0.4, 0.5) is 0 Å². The van der Waals surface area contributed by atoms with Gasteiger partial charge in [-0.2, -0.15) is 5.10 Å². The highest BCUT2D eigenvalue weighted by Gasteiger charge is 2.35. The first-order chi connectivity index (χ1) is 12.1. The molecule has 0 aliphatic carbocycles. The van der Waals surface area contributed by atoms with Crippen molar-refractivity contribution in [2.24, 2.45) is 5.10 Å². The van der Waals surface area contributed by atoms with Gasteiger partial charge in [-0.25, -0.2) is 5.01 Å². The maximum atomic E-state index is 12.9. The number of hydrogen-bond donors (Lipinski definition) is 1. The molecule has 5 nitrogen and oxygen atoms in total. The summed E-state index contributed by atoms with van der Waals surface area (Å²) in [6.07, 6.45) is 0.613. The predicted molar refractivity (Wildman–Crippen MR) is 101 cm³/mol. The van der Waals surface area contributed by atoms with E-state index in [1.54, 1.807) is 28.5 Å². The lowest BCUT2D eigenvalue weighted by Gasteiger charge is -2.25. The fourth-order valence-corrected chi connectivity index (χ4v) is 3.78. The number of hydrazone groups is 1. The molecule has 0 fully saturated rings. The van der Waals surface area contributed by atoms with Crippen LogP contribution in [0.5, 0.6) is 5.75 Å². The number of hydrogen-bond acceptors (Lipinski definition) is 5. The lowest BCUT2D eigenvalue weighted by molar-refractivity contribution is -0.134. The number of carbonyl (C=O) groups excluding carboxylic acids is 1. The number of thiophene rings is 1. The van der Waals surface area contributed by atoms with Crippen LogP contribution in [0.1, 0.15) is 36.8 Å². The lowest BCUT2D eigenvalue weighted by atomic mass is 10.00. The SMILES string of the molecule is CCN(CC)CC(=O)N1N=C(c2cccs2)C[C@@H]1c1ccccc1O. The molecule has 0 saturated heterocycles. The first-order valence-electron chi connectivity index (χ1n) is 8.57. The highest BCUT2D eigenvalue weighted by atomic mass is 32.1. The zero-order chi connectivity index (χ0) is 17.8. The number of phenols is 1. The van der Waals surface area contributed by atoms with E-state index in [0.29, 0.717) is 13.0 Å². The van der Waals surface area contributed by atoms with Crippen molar-refractivity contribution >= 4 is 23.0 Å². The van der Waals surface area contributed by atoms with Crippen LogP contribution in [0.2, 0.25) is 0 Å². The summed E-state index contributed by atoms with van der Waals surface area (Å²) in [5.41, 5.74) is 1.64. The van der Waals surface area contributed by atoms with Crippen LogP contribution in [0.25, 0.3) is 0 Å². The molecular weight excluding hydrogens is 334 g/mol. The third-order valence-electron chi connectivity index (χ3n) is 4.52. The number of carbonyl (C=O) groups is 1. The zero-order valence-corrected chi connectivity index (χ0v) is 15.4. The maximum Gasteiger partial charge on any atom is 0.257 e. The lowest BCUT2D eigenvalue weighted by Crippen LogP contribution is -2.38. The number of amides is 1. The average Bonchev–Trinajstić information content (AvgIpc) is 3.29. The summed E-state index contributed by atoms with van der Waals surface area (Å²) in [5.74, 6) is 0.166. The van der Waals surface area contributed by atoms with E-state index in [1.165, 1.54) is 0 Å². The molecule has 1 aromatic carbocycles.